The molecule has 2 aromatic heterocycles. The molecule has 1 aromatic carbocycles. The first-order chi connectivity index (χ1) is 12.6. The fraction of sp³-hybridized carbons (Fsp3) is 0.300. The number of carboxylic acid groups (broad SMARTS) is 1. The molecule has 0 bridgehead atoms. The number of carboxylic acids is 1. The Morgan fingerprint density at radius 3 is 2.69 bits per heavy atom. The molecule has 6 heteroatoms. The van der Waals surface area contributed by atoms with Crippen LogP contribution in [0.3, 0.4) is 0 Å². The van der Waals surface area contributed by atoms with E-state index in [-0.39, 0.29) is 5.56 Å². The third kappa shape index (κ3) is 2.58. The summed E-state index contributed by atoms with van der Waals surface area (Å²) in [6.45, 7) is 0.293. The third-order valence-corrected chi connectivity index (χ3v) is 5.19. The highest BCUT2D eigenvalue weighted by Crippen LogP contribution is 2.34. The van der Waals surface area contributed by atoms with E-state index in [0.29, 0.717) is 23.4 Å². The number of aromatic nitrogens is 1. The van der Waals surface area contributed by atoms with Crippen LogP contribution in [-0.2, 0) is 19.4 Å². The van der Waals surface area contributed by atoms with Crippen molar-refractivity contribution in [1.29, 1.82) is 0 Å². The van der Waals surface area contributed by atoms with Gasteiger partial charge in [0.2, 0.25) is 0 Å². The second-order valence-electron chi connectivity index (χ2n) is 6.70. The van der Waals surface area contributed by atoms with Crippen molar-refractivity contribution in [3.63, 3.8) is 0 Å². The predicted octanol–water partition coefficient (Wildman–Crippen LogP) is 3.35. The first-order valence-electron chi connectivity index (χ1n) is 8.80. The number of fused-ring (bicyclic) bond motifs is 3. The molecule has 4 rings (SSSR count). The largest absolute Gasteiger partial charge is 0.478 e. The highest BCUT2D eigenvalue weighted by molar-refractivity contribution is 6.04. The summed E-state index contributed by atoms with van der Waals surface area (Å²) in [5.41, 5.74) is 9.09. The maximum atomic E-state index is 11.8. The molecule has 0 unspecified atom stereocenters. The Morgan fingerprint density at radius 1 is 1.12 bits per heavy atom. The molecule has 0 fully saturated rings. The molecule has 2 heterocycles. The normalized spacial score (nSPS) is 14.2. The van der Waals surface area contributed by atoms with Crippen molar-refractivity contribution in [2.24, 2.45) is 5.73 Å². The molecule has 0 radical (unpaired) electrons. The van der Waals surface area contributed by atoms with Gasteiger partial charge in [0.15, 0.2) is 0 Å². The van der Waals surface area contributed by atoms with Gasteiger partial charge in [-0.05, 0) is 43.4 Å². The number of nitrogens with zero attached hydrogens (tertiary/aromatic N) is 1. The number of furan rings is 1. The Balaban J connectivity index is 1.97. The van der Waals surface area contributed by atoms with E-state index in [2.05, 4.69) is 0 Å². The molecule has 0 aliphatic heterocycles. The van der Waals surface area contributed by atoms with E-state index >= 15 is 0 Å². The number of carbonyl (C=O) groups excluding carboxylic acids is 1. The number of primary amides is 1. The number of hydrogen-bond donors (Lipinski definition) is 2. The van der Waals surface area contributed by atoms with Gasteiger partial charge in [0.25, 0.3) is 5.91 Å². The van der Waals surface area contributed by atoms with Crippen LogP contribution in [0, 0.1) is 0 Å². The van der Waals surface area contributed by atoms with E-state index in [1.165, 1.54) is 11.8 Å². The zero-order valence-corrected chi connectivity index (χ0v) is 14.3. The Labute approximate surface area is 150 Å². The van der Waals surface area contributed by atoms with Gasteiger partial charge in [-0.1, -0.05) is 18.6 Å². The highest BCUT2D eigenvalue weighted by Gasteiger charge is 2.24. The molecule has 1 aliphatic carbocycles. The number of rotatable bonds is 4. The molecule has 134 valence electrons. The molecule has 0 spiro atoms. The summed E-state index contributed by atoms with van der Waals surface area (Å²) in [6, 6.07) is 6.96. The van der Waals surface area contributed by atoms with Crippen LogP contribution in [0.5, 0.6) is 0 Å². The number of para-hydroxylation sites is 1. The van der Waals surface area contributed by atoms with Gasteiger partial charge in [-0.3, -0.25) is 4.79 Å². The van der Waals surface area contributed by atoms with Gasteiger partial charge in [-0.15, -0.1) is 0 Å². The van der Waals surface area contributed by atoms with Crippen molar-refractivity contribution in [3.8, 4) is 0 Å². The molecule has 0 saturated heterocycles. The predicted molar refractivity (Wildman–Crippen MR) is 96.5 cm³/mol. The highest BCUT2D eigenvalue weighted by atomic mass is 16.4. The van der Waals surface area contributed by atoms with Crippen molar-refractivity contribution in [1.82, 2.24) is 4.57 Å². The molecule has 0 saturated carbocycles. The summed E-state index contributed by atoms with van der Waals surface area (Å²) in [6.07, 6.45) is 6.57. The van der Waals surface area contributed by atoms with Gasteiger partial charge in [0.05, 0.1) is 29.5 Å². The molecule has 3 N–H and O–H groups in total. The van der Waals surface area contributed by atoms with Crippen LogP contribution in [0.2, 0.25) is 0 Å². The quantitative estimate of drug-likeness (QED) is 0.704. The average Bonchev–Trinajstić information content (AvgIpc) is 3.10. The fourth-order valence-electron chi connectivity index (χ4n) is 4.04. The Bertz CT molecular complexity index is 1010. The van der Waals surface area contributed by atoms with Crippen molar-refractivity contribution in [3.05, 3.63) is 58.7 Å². The second-order valence-corrected chi connectivity index (χ2v) is 6.70. The summed E-state index contributed by atoms with van der Waals surface area (Å²) >= 11 is 0. The van der Waals surface area contributed by atoms with Gasteiger partial charge >= 0.3 is 5.97 Å². The molecule has 6 nitrogen and oxygen atoms in total. The lowest BCUT2D eigenvalue weighted by Gasteiger charge is -2.11. The first kappa shape index (κ1) is 16.4. The minimum absolute atomic E-state index is 0.266. The van der Waals surface area contributed by atoms with E-state index in [4.69, 9.17) is 10.2 Å². The van der Waals surface area contributed by atoms with Gasteiger partial charge in [-0.25, -0.2) is 4.79 Å². The van der Waals surface area contributed by atoms with Gasteiger partial charge < -0.3 is 19.8 Å². The lowest BCUT2D eigenvalue weighted by molar-refractivity contribution is 0.0698. The molecule has 1 amide bonds. The van der Waals surface area contributed by atoms with E-state index in [9.17, 15) is 14.7 Å². The zero-order chi connectivity index (χ0) is 18.3. The maximum absolute atomic E-state index is 11.8. The molecular weight excluding hydrogens is 332 g/mol. The van der Waals surface area contributed by atoms with Crippen LogP contribution in [0.25, 0.3) is 10.9 Å². The lowest BCUT2D eigenvalue weighted by atomic mass is 10.0. The molecule has 26 heavy (non-hydrogen) atoms. The van der Waals surface area contributed by atoms with Crippen LogP contribution in [0.1, 0.15) is 57.0 Å². The number of hydrogen-bond acceptors (Lipinski definition) is 3. The van der Waals surface area contributed by atoms with E-state index < -0.39 is 11.9 Å². The van der Waals surface area contributed by atoms with Crippen LogP contribution in [-0.4, -0.2) is 21.6 Å². The number of carbonyl (C=O) groups is 2. The van der Waals surface area contributed by atoms with Crippen molar-refractivity contribution >= 4 is 22.8 Å². The number of amides is 1. The number of aromatic carboxylic acids is 1. The molecule has 0 atom stereocenters. The topological polar surface area (TPSA) is 98.5 Å². The molecule has 1 aliphatic rings. The average molecular weight is 352 g/mol. The summed E-state index contributed by atoms with van der Waals surface area (Å²) in [7, 11) is 0. The SMILES string of the molecule is NC(=O)c1ccoc1Cn1c2c(c3cccc(C(=O)O)c31)CCCCC2. The fourth-order valence-corrected chi connectivity index (χ4v) is 4.04. The number of nitrogens with two attached hydrogens (primary N) is 1. The van der Waals surface area contributed by atoms with E-state index in [1.54, 1.807) is 18.2 Å². The van der Waals surface area contributed by atoms with E-state index in [1.807, 2.05) is 10.6 Å². The monoisotopic (exact) mass is 352 g/mol. The summed E-state index contributed by atoms with van der Waals surface area (Å²) in [5, 5.41) is 10.7. The minimum atomic E-state index is -0.959. The Hall–Kier alpha value is -3.02. The number of benzene rings is 1. The Kier molecular flexibility index (Phi) is 4.03. The van der Waals surface area contributed by atoms with Gasteiger partial charge in [0, 0.05) is 11.1 Å². The zero-order valence-electron chi connectivity index (χ0n) is 14.3. The smallest absolute Gasteiger partial charge is 0.337 e. The van der Waals surface area contributed by atoms with Crippen LogP contribution in [0.4, 0.5) is 0 Å². The van der Waals surface area contributed by atoms with Crippen LogP contribution < -0.4 is 5.73 Å². The number of aryl methyl sites for hydroxylation is 1. The Morgan fingerprint density at radius 2 is 1.92 bits per heavy atom. The first-order valence-corrected chi connectivity index (χ1v) is 8.80. The summed E-state index contributed by atoms with van der Waals surface area (Å²) < 4.78 is 7.51. The maximum Gasteiger partial charge on any atom is 0.337 e. The lowest BCUT2D eigenvalue weighted by Crippen LogP contribution is -2.15. The minimum Gasteiger partial charge on any atom is -0.478 e. The van der Waals surface area contributed by atoms with Crippen LogP contribution in [0.15, 0.2) is 34.9 Å². The summed E-state index contributed by atoms with van der Waals surface area (Å²) in [5.74, 6) is -1.05. The second kappa shape index (κ2) is 6.37. The van der Waals surface area contributed by atoms with Crippen molar-refractivity contribution in [2.75, 3.05) is 0 Å². The van der Waals surface area contributed by atoms with Gasteiger partial charge in [0.1, 0.15) is 5.76 Å². The van der Waals surface area contributed by atoms with Crippen molar-refractivity contribution in [2.45, 2.75) is 38.6 Å². The van der Waals surface area contributed by atoms with Crippen molar-refractivity contribution < 1.29 is 19.1 Å². The van der Waals surface area contributed by atoms with E-state index in [0.717, 1.165) is 43.2 Å². The third-order valence-electron chi connectivity index (χ3n) is 5.19. The standard InChI is InChI=1S/C20H20N2O4/c21-19(23)14-9-10-26-17(14)11-22-16-8-3-1-2-5-12(16)13-6-4-7-15(18(13)22)20(24)25/h4,6-7,9-10H,1-3,5,8,11H2,(H2,21,23)(H,24,25). The molecule has 3 aromatic rings. The van der Waals surface area contributed by atoms with Crippen LogP contribution >= 0.6 is 0 Å². The summed E-state index contributed by atoms with van der Waals surface area (Å²) in [4.78, 5) is 23.5. The molecular formula is C20H20N2O4. The van der Waals surface area contributed by atoms with Gasteiger partial charge in [-0.2, -0.15) is 0 Å².